The second kappa shape index (κ2) is 4.96. The fraction of sp³-hybridized carbons (Fsp3) is 0.762. The van der Waals surface area contributed by atoms with E-state index in [4.69, 9.17) is 6.42 Å². The lowest BCUT2D eigenvalue weighted by Gasteiger charge is -2.57. The molecule has 0 bridgehead atoms. The average Bonchev–Trinajstić information content (AvgIpc) is 2.79. The van der Waals surface area contributed by atoms with Gasteiger partial charge in [-0.1, -0.05) is 19.4 Å². The number of aliphatic hydroxyl groups excluding tert-OH is 1. The smallest absolute Gasteiger partial charge is 0.155 e. The summed E-state index contributed by atoms with van der Waals surface area (Å²) >= 11 is 0. The molecule has 0 aliphatic heterocycles. The number of fused-ring (bicyclic) bond motifs is 5. The highest BCUT2D eigenvalue weighted by Crippen LogP contribution is 2.65. The Hall–Kier alpha value is -1.07. The van der Waals surface area contributed by atoms with Gasteiger partial charge in [-0.05, 0) is 73.2 Å². The number of rotatable bonds is 0. The Morgan fingerprint density at radius 2 is 2.00 bits per heavy atom. The van der Waals surface area contributed by atoms with Gasteiger partial charge < -0.3 is 5.11 Å². The molecule has 7 atom stereocenters. The molecule has 4 aliphatic rings. The Bertz CT molecular complexity index is 612. The van der Waals surface area contributed by atoms with E-state index in [1.807, 2.05) is 6.08 Å². The van der Waals surface area contributed by atoms with Crippen molar-refractivity contribution in [3.05, 3.63) is 11.6 Å². The van der Waals surface area contributed by atoms with Crippen LogP contribution in [-0.2, 0) is 4.79 Å². The monoisotopic (exact) mass is 312 g/mol. The Morgan fingerprint density at radius 1 is 1.22 bits per heavy atom. The maximum absolute atomic E-state index is 11.8. The molecule has 0 aromatic rings. The van der Waals surface area contributed by atoms with E-state index < -0.39 is 0 Å². The van der Waals surface area contributed by atoms with Crippen molar-refractivity contribution < 1.29 is 9.90 Å². The summed E-state index contributed by atoms with van der Waals surface area (Å²) in [5, 5.41) is 10.8. The lowest BCUT2D eigenvalue weighted by atomic mass is 9.47. The summed E-state index contributed by atoms with van der Waals surface area (Å²) in [6.45, 7) is 4.67. The minimum absolute atomic E-state index is 0.000265. The predicted octanol–water partition coefficient (Wildman–Crippen LogP) is 3.74. The topological polar surface area (TPSA) is 37.3 Å². The third-order valence-corrected chi connectivity index (χ3v) is 8.18. The molecule has 3 saturated carbocycles. The van der Waals surface area contributed by atoms with Crippen molar-refractivity contribution in [3.8, 4) is 12.3 Å². The number of carbonyl (C=O) groups is 1. The van der Waals surface area contributed by atoms with Gasteiger partial charge in [-0.15, -0.1) is 12.3 Å². The van der Waals surface area contributed by atoms with Crippen molar-refractivity contribution in [2.75, 3.05) is 0 Å². The van der Waals surface area contributed by atoms with E-state index in [-0.39, 0.29) is 22.9 Å². The number of hydrogen-bond acceptors (Lipinski definition) is 2. The van der Waals surface area contributed by atoms with Crippen LogP contribution >= 0.6 is 0 Å². The van der Waals surface area contributed by atoms with E-state index in [2.05, 4.69) is 19.8 Å². The fourth-order valence-electron chi connectivity index (χ4n) is 6.74. The largest absolute Gasteiger partial charge is 0.391 e. The normalized spacial score (nSPS) is 52.0. The van der Waals surface area contributed by atoms with E-state index in [1.165, 1.54) is 18.4 Å². The van der Waals surface area contributed by atoms with Gasteiger partial charge in [0, 0.05) is 12.3 Å². The molecule has 0 radical (unpaired) electrons. The van der Waals surface area contributed by atoms with Crippen LogP contribution in [0.5, 0.6) is 0 Å². The van der Waals surface area contributed by atoms with Gasteiger partial charge in [0.1, 0.15) is 0 Å². The average molecular weight is 312 g/mol. The van der Waals surface area contributed by atoms with Gasteiger partial charge in [0.25, 0.3) is 0 Å². The molecule has 0 heterocycles. The first-order chi connectivity index (χ1) is 10.9. The number of aliphatic hydroxyl groups is 1. The van der Waals surface area contributed by atoms with Crippen molar-refractivity contribution in [3.63, 3.8) is 0 Å². The molecule has 0 unspecified atom stereocenters. The first-order valence-corrected chi connectivity index (χ1v) is 9.28. The van der Waals surface area contributed by atoms with Crippen LogP contribution in [0.2, 0.25) is 0 Å². The van der Waals surface area contributed by atoms with E-state index in [0.717, 1.165) is 25.7 Å². The van der Waals surface area contributed by atoms with E-state index in [1.54, 1.807) is 0 Å². The zero-order valence-electron chi connectivity index (χ0n) is 14.3. The number of allylic oxidation sites excluding steroid dienone is 1. The summed E-state index contributed by atoms with van der Waals surface area (Å²) < 4.78 is 0. The molecule has 4 rings (SSSR count). The summed E-state index contributed by atoms with van der Waals surface area (Å²) in [7, 11) is 0. The molecule has 0 spiro atoms. The maximum atomic E-state index is 11.8. The van der Waals surface area contributed by atoms with Crippen LogP contribution in [-0.4, -0.2) is 17.0 Å². The Balaban J connectivity index is 1.69. The van der Waals surface area contributed by atoms with Crippen molar-refractivity contribution in [1.82, 2.24) is 0 Å². The van der Waals surface area contributed by atoms with Crippen molar-refractivity contribution in [2.45, 2.75) is 64.9 Å². The second-order valence-corrected chi connectivity index (χ2v) is 8.97. The first kappa shape index (κ1) is 15.5. The van der Waals surface area contributed by atoms with Crippen molar-refractivity contribution in [2.24, 2.45) is 34.5 Å². The van der Waals surface area contributed by atoms with Crippen LogP contribution in [0.25, 0.3) is 0 Å². The maximum Gasteiger partial charge on any atom is 0.155 e. The van der Waals surface area contributed by atoms with Gasteiger partial charge in [0.15, 0.2) is 5.78 Å². The number of ketones is 1. The summed E-state index contributed by atoms with van der Waals surface area (Å²) in [5.74, 6) is 5.08. The highest BCUT2D eigenvalue weighted by molar-refractivity contribution is 5.91. The van der Waals surface area contributed by atoms with Crippen LogP contribution in [0.1, 0.15) is 58.8 Å². The summed E-state index contributed by atoms with van der Waals surface area (Å²) in [4.78, 5) is 11.8. The van der Waals surface area contributed by atoms with Crippen molar-refractivity contribution in [1.29, 1.82) is 0 Å². The van der Waals surface area contributed by atoms with Gasteiger partial charge in [-0.2, -0.15) is 0 Å². The third-order valence-electron chi connectivity index (χ3n) is 8.18. The van der Waals surface area contributed by atoms with Gasteiger partial charge in [-0.3, -0.25) is 4.79 Å². The van der Waals surface area contributed by atoms with Gasteiger partial charge in [-0.25, -0.2) is 0 Å². The molecule has 2 nitrogen and oxygen atoms in total. The zero-order valence-corrected chi connectivity index (χ0v) is 14.3. The van der Waals surface area contributed by atoms with E-state index >= 15 is 0 Å². The van der Waals surface area contributed by atoms with Crippen molar-refractivity contribution >= 4 is 5.78 Å². The highest BCUT2D eigenvalue weighted by Gasteiger charge is 2.60. The van der Waals surface area contributed by atoms with E-state index in [0.29, 0.717) is 30.0 Å². The molecule has 23 heavy (non-hydrogen) atoms. The number of hydrogen-bond donors (Lipinski definition) is 1. The van der Waals surface area contributed by atoms with E-state index in [9.17, 15) is 9.90 Å². The molecule has 0 aromatic heterocycles. The molecule has 3 fully saturated rings. The van der Waals surface area contributed by atoms with Crippen LogP contribution in [0, 0.1) is 46.8 Å². The summed E-state index contributed by atoms with van der Waals surface area (Å²) in [6.07, 6.45) is 14.5. The SMILES string of the molecule is C#C[C@H]1C[C@H]2[C@@H]3CCC4=CC(=O)CC[C@]4(C)[C@H]3CC[C@]2(C)[C@H]1O. The highest BCUT2D eigenvalue weighted by atomic mass is 16.3. The predicted molar refractivity (Wildman–Crippen MR) is 90.4 cm³/mol. The molecule has 2 heteroatoms. The minimum Gasteiger partial charge on any atom is -0.391 e. The fourth-order valence-corrected chi connectivity index (χ4v) is 6.74. The standard InChI is InChI=1S/C21H28O2/c1-4-13-11-18-16-6-5-14-12-15(22)7-9-20(14,2)17(16)8-10-21(18,3)19(13)23/h1,12-13,16-19,23H,5-11H2,2-3H3/t13-,16+,17-,18-,19-,20-,21-/m0/s1. The van der Waals surface area contributed by atoms with Crippen LogP contribution in [0.15, 0.2) is 11.6 Å². The molecular formula is C21H28O2. The van der Waals surface area contributed by atoms with Gasteiger partial charge in [0.2, 0.25) is 0 Å². The molecule has 0 aromatic carbocycles. The Morgan fingerprint density at radius 3 is 2.74 bits per heavy atom. The summed E-state index contributed by atoms with van der Waals surface area (Å²) in [5.41, 5.74) is 1.61. The second-order valence-electron chi connectivity index (χ2n) is 8.97. The van der Waals surface area contributed by atoms with Gasteiger partial charge in [0.05, 0.1) is 6.10 Å². The number of carbonyl (C=O) groups excluding carboxylic acids is 1. The molecule has 0 amide bonds. The van der Waals surface area contributed by atoms with Gasteiger partial charge >= 0.3 is 0 Å². The summed E-state index contributed by atoms with van der Waals surface area (Å²) in [6, 6.07) is 0. The zero-order chi connectivity index (χ0) is 16.4. The minimum atomic E-state index is -0.337. The number of terminal acetylenes is 1. The molecular weight excluding hydrogens is 284 g/mol. The molecule has 4 aliphatic carbocycles. The first-order valence-electron chi connectivity index (χ1n) is 9.28. The van der Waals surface area contributed by atoms with Crippen LogP contribution in [0.3, 0.4) is 0 Å². The molecule has 124 valence electrons. The lowest BCUT2D eigenvalue weighted by molar-refractivity contribution is -0.118. The quantitative estimate of drug-likeness (QED) is 0.692. The van der Waals surface area contributed by atoms with Crippen LogP contribution < -0.4 is 0 Å². The van der Waals surface area contributed by atoms with Crippen LogP contribution in [0.4, 0.5) is 0 Å². The Labute approximate surface area is 139 Å². The molecule has 1 N–H and O–H groups in total. The Kier molecular flexibility index (Phi) is 3.34. The lowest BCUT2D eigenvalue weighted by Crippen LogP contribution is -2.51. The third kappa shape index (κ3) is 1.96. The molecule has 0 saturated heterocycles.